The Balaban J connectivity index is 1.70. The smallest absolute Gasteiger partial charge is 0.339 e. The third kappa shape index (κ3) is 3.52. The first-order chi connectivity index (χ1) is 11.2. The highest BCUT2D eigenvalue weighted by atomic mass is 35.5. The number of methoxy groups -OCH3 is 1. The van der Waals surface area contributed by atoms with Crippen molar-refractivity contribution >= 4 is 34.6 Å². The Kier molecular flexibility index (Phi) is 4.59. The van der Waals surface area contributed by atoms with Gasteiger partial charge in [-0.1, -0.05) is 16.8 Å². The van der Waals surface area contributed by atoms with Crippen LogP contribution in [0.4, 0.5) is 5.69 Å². The number of ether oxygens (including phenoxy) is 1. The molecule has 0 unspecified atom stereocenters. The lowest BCUT2D eigenvalue weighted by molar-refractivity contribution is 0.0601. The van der Waals surface area contributed by atoms with Crippen molar-refractivity contribution in [1.82, 2.24) is 10.1 Å². The number of benzene rings is 1. The molecule has 0 amide bonds. The molecule has 0 saturated carbocycles. The molecule has 8 heteroatoms. The van der Waals surface area contributed by atoms with E-state index in [1.165, 1.54) is 7.11 Å². The van der Waals surface area contributed by atoms with Gasteiger partial charge < -0.3 is 14.6 Å². The second-order valence-corrected chi connectivity index (χ2v) is 5.75. The molecule has 3 aromatic rings. The van der Waals surface area contributed by atoms with Crippen molar-refractivity contribution in [3.05, 3.63) is 51.5 Å². The molecule has 0 aliphatic heterocycles. The van der Waals surface area contributed by atoms with Crippen LogP contribution in [0.2, 0.25) is 5.02 Å². The predicted octanol–water partition coefficient (Wildman–Crippen LogP) is 3.85. The Morgan fingerprint density at radius 3 is 3.04 bits per heavy atom. The van der Waals surface area contributed by atoms with Crippen LogP contribution in [-0.4, -0.2) is 23.2 Å². The van der Waals surface area contributed by atoms with E-state index in [9.17, 15) is 4.79 Å². The zero-order valence-corrected chi connectivity index (χ0v) is 13.6. The van der Waals surface area contributed by atoms with Crippen LogP contribution >= 0.6 is 22.9 Å². The summed E-state index contributed by atoms with van der Waals surface area (Å²) in [5.74, 6) is 0.506. The van der Waals surface area contributed by atoms with Crippen molar-refractivity contribution in [2.45, 2.75) is 6.54 Å². The molecular weight excluding hydrogens is 338 g/mol. The molecule has 0 aliphatic carbocycles. The van der Waals surface area contributed by atoms with Gasteiger partial charge in [0.2, 0.25) is 11.7 Å². The second kappa shape index (κ2) is 6.80. The summed E-state index contributed by atoms with van der Waals surface area (Å²) in [5, 5.41) is 11.3. The van der Waals surface area contributed by atoms with E-state index in [1.54, 1.807) is 29.5 Å². The van der Waals surface area contributed by atoms with Crippen molar-refractivity contribution in [3.8, 4) is 11.4 Å². The van der Waals surface area contributed by atoms with Crippen molar-refractivity contribution < 1.29 is 14.1 Å². The van der Waals surface area contributed by atoms with E-state index in [1.807, 2.05) is 16.8 Å². The molecule has 118 valence electrons. The number of halogens is 1. The van der Waals surface area contributed by atoms with Crippen LogP contribution in [0.15, 0.2) is 39.5 Å². The molecule has 0 aliphatic rings. The predicted molar refractivity (Wildman–Crippen MR) is 87.7 cm³/mol. The number of carbonyl (C=O) groups is 1. The maximum atomic E-state index is 11.6. The first-order valence-corrected chi connectivity index (χ1v) is 7.96. The molecular formula is C15H12ClN3O3S. The monoisotopic (exact) mass is 349 g/mol. The van der Waals surface area contributed by atoms with E-state index in [0.717, 1.165) is 5.56 Å². The summed E-state index contributed by atoms with van der Waals surface area (Å²) in [6, 6.07) is 6.92. The van der Waals surface area contributed by atoms with Gasteiger partial charge in [0.15, 0.2) is 0 Å². The Labute approximate surface area is 141 Å². The number of thiophene rings is 1. The van der Waals surface area contributed by atoms with Crippen LogP contribution in [0, 0.1) is 0 Å². The molecule has 3 rings (SSSR count). The van der Waals surface area contributed by atoms with Gasteiger partial charge in [-0.3, -0.25) is 0 Å². The van der Waals surface area contributed by atoms with E-state index < -0.39 is 5.97 Å². The number of aromatic nitrogens is 2. The standard InChI is InChI=1S/C15H12ClN3O3S/c1-21-15(20)11-6-10(2-3-12(11)16)17-7-13-18-14(19-22-13)9-4-5-23-8-9/h2-6,8,17H,7H2,1H3. The second-order valence-electron chi connectivity index (χ2n) is 4.56. The Morgan fingerprint density at radius 2 is 2.30 bits per heavy atom. The first-order valence-electron chi connectivity index (χ1n) is 6.64. The molecule has 2 heterocycles. The van der Waals surface area contributed by atoms with E-state index >= 15 is 0 Å². The quantitative estimate of drug-likeness (QED) is 0.705. The van der Waals surface area contributed by atoms with Crippen LogP contribution in [0.1, 0.15) is 16.2 Å². The fraction of sp³-hybridized carbons (Fsp3) is 0.133. The molecule has 0 atom stereocenters. The SMILES string of the molecule is COC(=O)c1cc(NCc2nc(-c3ccsc3)no2)ccc1Cl. The summed E-state index contributed by atoms with van der Waals surface area (Å²) in [5.41, 5.74) is 1.92. The molecule has 0 radical (unpaired) electrons. The van der Waals surface area contributed by atoms with Gasteiger partial charge in [0.25, 0.3) is 0 Å². The van der Waals surface area contributed by atoms with Crippen LogP contribution < -0.4 is 5.32 Å². The summed E-state index contributed by atoms with van der Waals surface area (Å²) < 4.78 is 9.88. The van der Waals surface area contributed by atoms with Gasteiger partial charge in [0, 0.05) is 16.6 Å². The highest BCUT2D eigenvalue weighted by molar-refractivity contribution is 7.08. The summed E-state index contributed by atoms with van der Waals surface area (Å²) in [4.78, 5) is 15.9. The maximum Gasteiger partial charge on any atom is 0.339 e. The molecule has 1 aromatic carbocycles. The van der Waals surface area contributed by atoms with Crippen molar-refractivity contribution in [2.75, 3.05) is 12.4 Å². The number of esters is 1. The van der Waals surface area contributed by atoms with Crippen LogP contribution in [0.25, 0.3) is 11.4 Å². The number of hydrogen-bond donors (Lipinski definition) is 1. The largest absolute Gasteiger partial charge is 0.465 e. The van der Waals surface area contributed by atoms with Crippen LogP contribution in [0.5, 0.6) is 0 Å². The van der Waals surface area contributed by atoms with Gasteiger partial charge in [-0.2, -0.15) is 16.3 Å². The summed E-state index contributed by atoms with van der Waals surface area (Å²) >= 11 is 7.55. The normalized spacial score (nSPS) is 10.5. The van der Waals surface area contributed by atoms with Crippen molar-refractivity contribution in [1.29, 1.82) is 0 Å². The Hall–Kier alpha value is -2.38. The molecule has 2 aromatic heterocycles. The average Bonchev–Trinajstić information content (AvgIpc) is 3.24. The van der Waals surface area contributed by atoms with Gasteiger partial charge >= 0.3 is 5.97 Å². The highest BCUT2D eigenvalue weighted by Crippen LogP contribution is 2.22. The minimum absolute atomic E-state index is 0.295. The fourth-order valence-electron chi connectivity index (χ4n) is 1.91. The fourth-order valence-corrected chi connectivity index (χ4v) is 2.74. The number of nitrogens with zero attached hydrogens (tertiary/aromatic N) is 2. The summed E-state index contributed by atoms with van der Waals surface area (Å²) in [6.45, 7) is 0.333. The highest BCUT2D eigenvalue weighted by Gasteiger charge is 2.12. The van der Waals surface area contributed by atoms with Crippen molar-refractivity contribution in [3.63, 3.8) is 0 Å². The van der Waals surface area contributed by atoms with E-state index in [2.05, 4.69) is 20.2 Å². The van der Waals surface area contributed by atoms with Gasteiger partial charge in [0.05, 0.1) is 24.2 Å². The maximum absolute atomic E-state index is 11.6. The number of carbonyl (C=O) groups excluding carboxylic acids is 1. The average molecular weight is 350 g/mol. The Morgan fingerprint density at radius 1 is 1.43 bits per heavy atom. The van der Waals surface area contributed by atoms with Gasteiger partial charge in [0.1, 0.15) is 0 Å². The topological polar surface area (TPSA) is 77.2 Å². The van der Waals surface area contributed by atoms with Gasteiger partial charge in [-0.15, -0.1) is 0 Å². The first kappa shape index (κ1) is 15.5. The summed E-state index contributed by atoms with van der Waals surface area (Å²) in [6.07, 6.45) is 0. The summed E-state index contributed by atoms with van der Waals surface area (Å²) in [7, 11) is 1.31. The van der Waals surface area contributed by atoms with Gasteiger partial charge in [-0.05, 0) is 29.6 Å². The number of nitrogens with one attached hydrogen (secondary N) is 1. The zero-order chi connectivity index (χ0) is 16.2. The molecule has 0 saturated heterocycles. The van der Waals surface area contributed by atoms with Gasteiger partial charge in [-0.25, -0.2) is 4.79 Å². The van der Waals surface area contributed by atoms with E-state index in [-0.39, 0.29) is 0 Å². The Bertz CT molecular complexity index is 817. The minimum atomic E-state index is -0.490. The molecule has 1 N–H and O–H groups in total. The van der Waals surface area contributed by atoms with Crippen LogP contribution in [-0.2, 0) is 11.3 Å². The minimum Gasteiger partial charge on any atom is -0.465 e. The third-order valence-corrected chi connectivity index (χ3v) is 4.08. The lowest BCUT2D eigenvalue weighted by atomic mass is 10.2. The zero-order valence-electron chi connectivity index (χ0n) is 12.1. The van der Waals surface area contributed by atoms with Crippen LogP contribution in [0.3, 0.4) is 0 Å². The molecule has 0 bridgehead atoms. The molecule has 6 nitrogen and oxygen atoms in total. The van der Waals surface area contributed by atoms with E-state index in [4.69, 9.17) is 16.1 Å². The lowest BCUT2D eigenvalue weighted by Crippen LogP contribution is -2.05. The van der Waals surface area contributed by atoms with E-state index in [0.29, 0.717) is 34.5 Å². The molecule has 23 heavy (non-hydrogen) atoms. The lowest BCUT2D eigenvalue weighted by Gasteiger charge is -2.07. The number of anilines is 1. The van der Waals surface area contributed by atoms with Crippen molar-refractivity contribution in [2.24, 2.45) is 0 Å². The molecule has 0 spiro atoms. The number of rotatable bonds is 5. The molecule has 0 fully saturated rings. The third-order valence-electron chi connectivity index (χ3n) is 3.06. The number of hydrogen-bond acceptors (Lipinski definition) is 7.